The first-order chi connectivity index (χ1) is 13.5. The normalized spacial score (nSPS) is 14.6. The van der Waals surface area contributed by atoms with E-state index in [9.17, 15) is 14.4 Å². The van der Waals surface area contributed by atoms with Gasteiger partial charge in [-0.25, -0.2) is 9.78 Å². The summed E-state index contributed by atoms with van der Waals surface area (Å²) in [6, 6.07) is 5.33. The summed E-state index contributed by atoms with van der Waals surface area (Å²) in [5.41, 5.74) is 1.33. The number of carbonyl (C=O) groups excluding carboxylic acids is 2. The highest BCUT2D eigenvalue weighted by Gasteiger charge is 2.27. The molecule has 0 aliphatic carbocycles. The number of thiophene rings is 1. The van der Waals surface area contributed by atoms with Gasteiger partial charge in [0.2, 0.25) is 0 Å². The zero-order valence-electron chi connectivity index (χ0n) is 15.7. The molecule has 4 heterocycles. The van der Waals surface area contributed by atoms with Crippen LogP contribution in [0, 0.1) is 6.92 Å². The van der Waals surface area contributed by atoms with Crippen LogP contribution in [-0.2, 0) is 4.74 Å². The van der Waals surface area contributed by atoms with E-state index in [-0.39, 0.29) is 17.6 Å². The number of amides is 2. The van der Waals surface area contributed by atoms with Gasteiger partial charge in [-0.1, -0.05) is 6.07 Å². The molecule has 2 amide bonds. The maximum Gasteiger partial charge on any atom is 0.409 e. The van der Waals surface area contributed by atoms with Crippen LogP contribution in [0.1, 0.15) is 22.2 Å². The number of hydrogen-bond donors (Lipinski definition) is 0. The van der Waals surface area contributed by atoms with Crippen LogP contribution in [-0.4, -0.2) is 64.0 Å². The average molecular weight is 400 g/mol. The number of rotatable bonds is 2. The molecule has 4 rings (SSSR count). The molecule has 0 spiro atoms. The summed E-state index contributed by atoms with van der Waals surface area (Å²) in [5.74, 6) is -0.142. The molecule has 0 unspecified atom stereocenters. The molecule has 3 aromatic rings. The standard InChI is InChI=1S/C19H20N4O4S/c1-3-27-19(26)22-9-7-21(8-10-22)18(25)14-11-13-16(28-14)20-15-12(2)5-4-6-23(15)17(13)24/h4-6,11H,3,7-10H2,1-2H3. The van der Waals surface area contributed by atoms with E-state index in [4.69, 9.17) is 4.74 Å². The van der Waals surface area contributed by atoms with Crippen LogP contribution in [0.15, 0.2) is 29.2 Å². The highest BCUT2D eigenvalue weighted by atomic mass is 32.1. The summed E-state index contributed by atoms with van der Waals surface area (Å²) in [6.07, 6.45) is 1.33. The van der Waals surface area contributed by atoms with Crippen molar-refractivity contribution in [2.24, 2.45) is 0 Å². The molecular formula is C19H20N4O4S. The van der Waals surface area contributed by atoms with Crippen LogP contribution in [0.25, 0.3) is 15.9 Å². The highest BCUT2D eigenvalue weighted by molar-refractivity contribution is 7.20. The van der Waals surface area contributed by atoms with Gasteiger partial charge in [0.25, 0.3) is 11.5 Å². The van der Waals surface area contributed by atoms with Crippen molar-refractivity contribution < 1.29 is 14.3 Å². The van der Waals surface area contributed by atoms with E-state index < -0.39 is 0 Å². The first-order valence-corrected chi connectivity index (χ1v) is 9.93. The summed E-state index contributed by atoms with van der Waals surface area (Å²) in [6.45, 7) is 5.71. The Morgan fingerprint density at radius 3 is 2.64 bits per heavy atom. The van der Waals surface area contributed by atoms with Crippen LogP contribution in [0.2, 0.25) is 0 Å². The Hall–Kier alpha value is -2.94. The number of nitrogens with zero attached hydrogens (tertiary/aromatic N) is 4. The van der Waals surface area contributed by atoms with Crippen molar-refractivity contribution in [3.05, 3.63) is 45.2 Å². The Bertz CT molecular complexity index is 1130. The van der Waals surface area contributed by atoms with E-state index >= 15 is 0 Å². The molecule has 1 aliphatic rings. The predicted octanol–water partition coefficient (Wildman–Crippen LogP) is 2.13. The lowest BCUT2D eigenvalue weighted by atomic mass is 10.2. The minimum Gasteiger partial charge on any atom is -0.450 e. The SMILES string of the molecule is CCOC(=O)N1CCN(C(=O)c2cc3c(=O)n4cccc(C)c4nc3s2)CC1. The summed E-state index contributed by atoms with van der Waals surface area (Å²) >= 11 is 1.23. The van der Waals surface area contributed by atoms with Crippen molar-refractivity contribution in [2.45, 2.75) is 13.8 Å². The maximum atomic E-state index is 12.9. The second-order valence-electron chi connectivity index (χ2n) is 6.61. The number of aromatic nitrogens is 2. The zero-order valence-corrected chi connectivity index (χ0v) is 16.5. The van der Waals surface area contributed by atoms with Gasteiger partial charge in [-0.05, 0) is 31.5 Å². The van der Waals surface area contributed by atoms with Crippen LogP contribution in [0.4, 0.5) is 4.79 Å². The zero-order chi connectivity index (χ0) is 19.8. The van der Waals surface area contributed by atoms with Gasteiger partial charge in [0, 0.05) is 32.4 Å². The number of pyridine rings is 1. The fraction of sp³-hybridized carbons (Fsp3) is 0.368. The molecule has 0 saturated carbocycles. The summed E-state index contributed by atoms with van der Waals surface area (Å²) in [7, 11) is 0. The Balaban J connectivity index is 1.60. The summed E-state index contributed by atoms with van der Waals surface area (Å²) < 4.78 is 6.51. The molecule has 1 saturated heterocycles. The fourth-order valence-corrected chi connectivity index (χ4v) is 4.32. The Kier molecular flexibility index (Phi) is 4.76. The minimum absolute atomic E-state index is 0.142. The third-order valence-electron chi connectivity index (χ3n) is 4.84. The molecular weight excluding hydrogens is 380 g/mol. The third kappa shape index (κ3) is 3.11. The first-order valence-electron chi connectivity index (χ1n) is 9.12. The molecule has 8 nitrogen and oxygen atoms in total. The topological polar surface area (TPSA) is 84.2 Å². The van der Waals surface area contributed by atoms with E-state index in [2.05, 4.69) is 4.98 Å². The van der Waals surface area contributed by atoms with Crippen LogP contribution < -0.4 is 5.56 Å². The van der Waals surface area contributed by atoms with Crippen LogP contribution in [0.3, 0.4) is 0 Å². The molecule has 0 atom stereocenters. The molecule has 9 heteroatoms. The molecule has 28 heavy (non-hydrogen) atoms. The smallest absolute Gasteiger partial charge is 0.409 e. The number of ether oxygens (including phenoxy) is 1. The largest absolute Gasteiger partial charge is 0.450 e. The lowest BCUT2D eigenvalue weighted by Crippen LogP contribution is -2.50. The average Bonchev–Trinajstić information content (AvgIpc) is 3.13. The van der Waals surface area contributed by atoms with Gasteiger partial charge in [-0.15, -0.1) is 11.3 Å². The number of carbonyl (C=O) groups is 2. The van der Waals surface area contributed by atoms with Gasteiger partial charge < -0.3 is 14.5 Å². The van der Waals surface area contributed by atoms with Crippen molar-refractivity contribution in [1.82, 2.24) is 19.2 Å². The van der Waals surface area contributed by atoms with Gasteiger partial charge in [0.05, 0.1) is 16.9 Å². The van der Waals surface area contributed by atoms with Gasteiger partial charge in [-0.2, -0.15) is 0 Å². The quantitative estimate of drug-likeness (QED) is 0.658. The van der Waals surface area contributed by atoms with Crippen molar-refractivity contribution in [1.29, 1.82) is 0 Å². The second kappa shape index (κ2) is 7.23. The molecule has 3 aromatic heterocycles. The lowest BCUT2D eigenvalue weighted by Gasteiger charge is -2.33. The first kappa shape index (κ1) is 18.4. The highest BCUT2D eigenvalue weighted by Crippen LogP contribution is 2.24. The third-order valence-corrected chi connectivity index (χ3v) is 5.85. The van der Waals surface area contributed by atoms with Gasteiger partial charge in [0.1, 0.15) is 10.5 Å². The Labute approximate surface area is 164 Å². The molecule has 1 fully saturated rings. The maximum absolute atomic E-state index is 12.9. The van der Waals surface area contributed by atoms with Crippen LogP contribution >= 0.6 is 11.3 Å². The number of piperazine rings is 1. The van der Waals surface area contributed by atoms with Gasteiger partial charge in [0.15, 0.2) is 0 Å². The number of fused-ring (bicyclic) bond motifs is 2. The van der Waals surface area contributed by atoms with Crippen molar-refractivity contribution >= 4 is 39.2 Å². The monoisotopic (exact) mass is 400 g/mol. The van der Waals surface area contributed by atoms with Crippen molar-refractivity contribution in [3.63, 3.8) is 0 Å². The van der Waals surface area contributed by atoms with Gasteiger partial charge >= 0.3 is 6.09 Å². The van der Waals surface area contributed by atoms with Gasteiger partial charge in [-0.3, -0.25) is 14.0 Å². The van der Waals surface area contributed by atoms with E-state index in [1.807, 2.05) is 13.0 Å². The number of aryl methyl sites for hydroxylation is 1. The lowest BCUT2D eigenvalue weighted by molar-refractivity contribution is 0.0574. The minimum atomic E-state index is -0.351. The van der Waals surface area contributed by atoms with E-state index in [0.29, 0.717) is 53.5 Å². The molecule has 0 N–H and O–H groups in total. The van der Waals surface area contributed by atoms with E-state index in [1.54, 1.807) is 35.1 Å². The summed E-state index contributed by atoms with van der Waals surface area (Å²) in [4.78, 5) is 46.4. The fourth-order valence-electron chi connectivity index (χ4n) is 3.33. The van der Waals surface area contributed by atoms with Crippen molar-refractivity contribution in [2.75, 3.05) is 32.8 Å². The van der Waals surface area contributed by atoms with Crippen LogP contribution in [0.5, 0.6) is 0 Å². The Morgan fingerprint density at radius 2 is 1.93 bits per heavy atom. The second-order valence-corrected chi connectivity index (χ2v) is 7.64. The van der Waals surface area contributed by atoms with Crippen molar-refractivity contribution in [3.8, 4) is 0 Å². The summed E-state index contributed by atoms with van der Waals surface area (Å²) in [5, 5.41) is 0.446. The molecule has 0 aromatic carbocycles. The van der Waals surface area contributed by atoms with E-state index in [0.717, 1.165) is 5.56 Å². The molecule has 0 bridgehead atoms. The molecule has 146 valence electrons. The van der Waals surface area contributed by atoms with E-state index in [1.165, 1.54) is 15.7 Å². The predicted molar refractivity (Wildman–Crippen MR) is 106 cm³/mol. The molecule has 1 aliphatic heterocycles. The Morgan fingerprint density at radius 1 is 1.21 bits per heavy atom. The molecule has 0 radical (unpaired) electrons. The number of hydrogen-bond acceptors (Lipinski definition) is 6.